The van der Waals surface area contributed by atoms with Crippen LogP contribution in [0.3, 0.4) is 0 Å². The van der Waals surface area contributed by atoms with Crippen LogP contribution < -0.4 is 9.86 Å². The van der Waals surface area contributed by atoms with Gasteiger partial charge in [0.1, 0.15) is 11.6 Å². The van der Waals surface area contributed by atoms with Crippen molar-refractivity contribution in [1.82, 2.24) is 4.72 Å². The van der Waals surface area contributed by atoms with Crippen LogP contribution in [0.2, 0.25) is 0 Å². The van der Waals surface area contributed by atoms with Crippen LogP contribution in [0.1, 0.15) is 18.5 Å². The van der Waals surface area contributed by atoms with Crippen molar-refractivity contribution in [3.8, 4) is 0 Å². The maximum atomic E-state index is 13.7. The molecule has 2 aromatic carbocycles. The van der Waals surface area contributed by atoms with Gasteiger partial charge < -0.3 is 0 Å². The summed E-state index contributed by atoms with van der Waals surface area (Å²) in [6.07, 6.45) is 0. The van der Waals surface area contributed by atoms with E-state index in [1.54, 1.807) is 0 Å². The molecule has 0 unspecified atom stereocenters. The standard InChI is InChI=1S/C14H14F2N2O4S2/c1-9(13-7-2-10(15)8-14(13)16)18-24(21,22)12-5-3-11(4-6-12)23(17,19)20/h2-9,18H,1H3,(H2,17,19,20)/t9-/m0/s1. The number of hydrogen-bond acceptors (Lipinski definition) is 4. The number of benzene rings is 2. The minimum Gasteiger partial charge on any atom is -0.225 e. The van der Waals surface area contributed by atoms with Crippen LogP contribution in [0.25, 0.3) is 0 Å². The van der Waals surface area contributed by atoms with Gasteiger partial charge in [-0.15, -0.1) is 0 Å². The van der Waals surface area contributed by atoms with E-state index in [0.29, 0.717) is 6.07 Å². The molecule has 0 saturated carbocycles. The van der Waals surface area contributed by atoms with Crippen LogP contribution in [-0.2, 0) is 20.0 Å². The molecule has 2 rings (SSSR count). The van der Waals surface area contributed by atoms with E-state index in [1.165, 1.54) is 6.92 Å². The van der Waals surface area contributed by atoms with Crippen LogP contribution >= 0.6 is 0 Å². The minimum absolute atomic E-state index is 0.0267. The summed E-state index contributed by atoms with van der Waals surface area (Å²) in [5, 5.41) is 4.94. The van der Waals surface area contributed by atoms with E-state index < -0.39 is 37.7 Å². The Labute approximate surface area is 138 Å². The number of halogens is 2. The summed E-state index contributed by atoms with van der Waals surface area (Å²) in [6.45, 7) is 1.40. The molecule has 0 spiro atoms. The third-order valence-electron chi connectivity index (χ3n) is 3.22. The Bertz CT molecular complexity index is 959. The highest BCUT2D eigenvalue weighted by molar-refractivity contribution is 7.89. The quantitative estimate of drug-likeness (QED) is 0.827. The molecule has 0 aromatic heterocycles. The third kappa shape index (κ3) is 4.15. The Morgan fingerprint density at radius 3 is 2.00 bits per heavy atom. The first-order valence-electron chi connectivity index (χ1n) is 6.61. The number of rotatable bonds is 5. The molecule has 0 aliphatic carbocycles. The van der Waals surface area contributed by atoms with Gasteiger partial charge in [-0.25, -0.2) is 35.5 Å². The van der Waals surface area contributed by atoms with E-state index in [4.69, 9.17) is 5.14 Å². The Morgan fingerprint density at radius 1 is 0.958 bits per heavy atom. The lowest BCUT2D eigenvalue weighted by Crippen LogP contribution is -2.27. The number of hydrogen-bond donors (Lipinski definition) is 2. The molecule has 0 aliphatic rings. The predicted octanol–water partition coefficient (Wildman–Crippen LogP) is 1.65. The SMILES string of the molecule is C[C@H](NS(=O)(=O)c1ccc(S(N)(=O)=O)cc1)c1ccc(F)cc1F. The van der Waals surface area contributed by atoms with E-state index in [2.05, 4.69) is 4.72 Å². The van der Waals surface area contributed by atoms with E-state index in [1.807, 2.05) is 0 Å². The highest BCUT2D eigenvalue weighted by atomic mass is 32.2. The average molecular weight is 376 g/mol. The zero-order valence-corrected chi connectivity index (χ0v) is 14.0. The molecule has 0 bridgehead atoms. The monoisotopic (exact) mass is 376 g/mol. The molecule has 6 nitrogen and oxygen atoms in total. The van der Waals surface area contributed by atoms with Crippen molar-refractivity contribution in [2.24, 2.45) is 5.14 Å². The van der Waals surface area contributed by atoms with Crippen molar-refractivity contribution < 1.29 is 25.6 Å². The maximum Gasteiger partial charge on any atom is 0.241 e. The molecule has 0 heterocycles. The lowest BCUT2D eigenvalue weighted by atomic mass is 10.1. The first-order valence-corrected chi connectivity index (χ1v) is 9.64. The molecule has 1 atom stereocenters. The molecular formula is C14H14F2N2O4S2. The van der Waals surface area contributed by atoms with Gasteiger partial charge in [0.2, 0.25) is 20.0 Å². The Hall–Kier alpha value is -1.88. The van der Waals surface area contributed by atoms with E-state index in [0.717, 1.165) is 36.4 Å². The zero-order chi connectivity index (χ0) is 18.1. The van der Waals surface area contributed by atoms with Crippen LogP contribution in [0.15, 0.2) is 52.3 Å². The number of nitrogens with one attached hydrogen (secondary N) is 1. The Morgan fingerprint density at radius 2 is 1.50 bits per heavy atom. The minimum atomic E-state index is -4.04. The second-order valence-corrected chi connectivity index (χ2v) is 8.30. The molecule has 0 radical (unpaired) electrons. The topological polar surface area (TPSA) is 106 Å². The first kappa shape index (κ1) is 18.5. The molecule has 0 fully saturated rings. The van der Waals surface area contributed by atoms with E-state index in [-0.39, 0.29) is 15.4 Å². The fourth-order valence-corrected chi connectivity index (χ4v) is 3.76. The van der Waals surface area contributed by atoms with Gasteiger partial charge in [0.25, 0.3) is 0 Å². The first-order chi connectivity index (χ1) is 11.0. The van der Waals surface area contributed by atoms with Crippen LogP contribution in [0.4, 0.5) is 8.78 Å². The summed E-state index contributed by atoms with van der Waals surface area (Å²) < 4.78 is 75.7. The van der Waals surface area contributed by atoms with Crippen molar-refractivity contribution in [3.05, 3.63) is 59.7 Å². The highest BCUT2D eigenvalue weighted by Gasteiger charge is 2.21. The average Bonchev–Trinajstić information content (AvgIpc) is 2.45. The summed E-state index contributed by atoms with van der Waals surface area (Å²) in [6, 6.07) is 6.08. The summed E-state index contributed by atoms with van der Waals surface area (Å²) in [7, 11) is -7.98. The fraction of sp³-hybridized carbons (Fsp3) is 0.143. The predicted molar refractivity (Wildman–Crippen MR) is 82.9 cm³/mol. The third-order valence-corrected chi connectivity index (χ3v) is 5.71. The van der Waals surface area contributed by atoms with Crippen molar-refractivity contribution in [1.29, 1.82) is 0 Å². The zero-order valence-electron chi connectivity index (χ0n) is 12.4. The maximum absolute atomic E-state index is 13.7. The second kappa shape index (κ2) is 6.55. The van der Waals surface area contributed by atoms with E-state index in [9.17, 15) is 25.6 Å². The van der Waals surface area contributed by atoms with Gasteiger partial charge in [0.05, 0.1) is 9.79 Å². The molecular weight excluding hydrogens is 362 g/mol. The van der Waals surface area contributed by atoms with Gasteiger partial charge in [0.15, 0.2) is 0 Å². The molecule has 0 saturated heterocycles. The smallest absolute Gasteiger partial charge is 0.225 e. The van der Waals surface area contributed by atoms with Gasteiger partial charge >= 0.3 is 0 Å². The van der Waals surface area contributed by atoms with Crippen LogP contribution in [-0.4, -0.2) is 16.8 Å². The van der Waals surface area contributed by atoms with Gasteiger partial charge in [-0.2, -0.15) is 0 Å². The van der Waals surface area contributed by atoms with Crippen molar-refractivity contribution >= 4 is 20.0 Å². The summed E-state index contributed by atoms with van der Waals surface area (Å²) in [4.78, 5) is -0.455. The molecule has 3 N–H and O–H groups in total. The molecule has 10 heteroatoms. The molecule has 24 heavy (non-hydrogen) atoms. The molecule has 0 aliphatic heterocycles. The Kier molecular flexibility index (Phi) is 5.04. The number of sulfonamides is 2. The van der Waals surface area contributed by atoms with Gasteiger partial charge in [-0.3, -0.25) is 0 Å². The van der Waals surface area contributed by atoms with Gasteiger partial charge in [-0.05, 0) is 37.3 Å². The van der Waals surface area contributed by atoms with Gasteiger partial charge in [0, 0.05) is 17.7 Å². The van der Waals surface area contributed by atoms with Crippen molar-refractivity contribution in [3.63, 3.8) is 0 Å². The van der Waals surface area contributed by atoms with Gasteiger partial charge in [-0.1, -0.05) is 6.07 Å². The fourth-order valence-electron chi connectivity index (χ4n) is 2.03. The molecule has 130 valence electrons. The van der Waals surface area contributed by atoms with Crippen molar-refractivity contribution in [2.45, 2.75) is 22.8 Å². The summed E-state index contributed by atoms with van der Waals surface area (Å²) >= 11 is 0. The molecule has 0 amide bonds. The normalized spacial score (nSPS) is 13.7. The van der Waals surface area contributed by atoms with Crippen molar-refractivity contribution in [2.75, 3.05) is 0 Å². The van der Waals surface area contributed by atoms with Crippen LogP contribution in [0.5, 0.6) is 0 Å². The Balaban J connectivity index is 2.27. The molecule has 2 aromatic rings. The largest absolute Gasteiger partial charge is 0.241 e. The summed E-state index contributed by atoms with van der Waals surface area (Å²) in [5.41, 5.74) is -0.0267. The highest BCUT2D eigenvalue weighted by Crippen LogP contribution is 2.21. The lowest BCUT2D eigenvalue weighted by molar-refractivity contribution is 0.539. The second-order valence-electron chi connectivity index (χ2n) is 5.03. The van der Waals surface area contributed by atoms with Crippen LogP contribution in [0, 0.1) is 11.6 Å². The number of nitrogens with two attached hydrogens (primary N) is 1. The summed E-state index contributed by atoms with van der Waals surface area (Å²) in [5.74, 6) is -1.65. The number of primary sulfonamides is 1. The van der Waals surface area contributed by atoms with E-state index >= 15 is 0 Å². The lowest BCUT2D eigenvalue weighted by Gasteiger charge is -2.15.